The molecule has 2 rings (SSSR count). The number of rotatable bonds is 9. The molecule has 8 nitrogen and oxygen atoms in total. The summed E-state index contributed by atoms with van der Waals surface area (Å²) in [6.45, 7) is 1.30. The van der Waals surface area contributed by atoms with Crippen LogP contribution < -0.4 is 10.1 Å². The molecule has 2 aromatic carbocycles. The Labute approximate surface area is 170 Å². The van der Waals surface area contributed by atoms with Crippen molar-refractivity contribution < 1.29 is 27.5 Å². The van der Waals surface area contributed by atoms with Crippen molar-refractivity contribution in [1.82, 2.24) is 4.31 Å². The number of benzene rings is 2. The molecule has 0 radical (unpaired) electrons. The molecule has 2 aromatic rings. The predicted octanol–water partition coefficient (Wildman–Crippen LogP) is 2.28. The number of carbonyl (C=O) groups excluding carboxylic acids is 2. The van der Waals surface area contributed by atoms with Crippen LogP contribution in [0.5, 0.6) is 5.75 Å². The van der Waals surface area contributed by atoms with E-state index >= 15 is 0 Å². The molecule has 0 aliphatic rings. The maximum absolute atomic E-state index is 12.2. The maximum Gasteiger partial charge on any atom is 0.347 e. The Morgan fingerprint density at radius 2 is 1.66 bits per heavy atom. The Bertz CT molecular complexity index is 927. The molecule has 0 aromatic heterocycles. The van der Waals surface area contributed by atoms with Gasteiger partial charge in [0.25, 0.3) is 5.91 Å². The van der Waals surface area contributed by atoms with Gasteiger partial charge in [0, 0.05) is 19.8 Å². The summed E-state index contributed by atoms with van der Waals surface area (Å²) in [5.74, 6) is -0.649. The Morgan fingerprint density at radius 3 is 2.21 bits per heavy atom. The highest BCUT2D eigenvalue weighted by atomic mass is 32.2. The summed E-state index contributed by atoms with van der Waals surface area (Å²) >= 11 is 0. The number of sulfonamides is 1. The second-order valence-corrected chi connectivity index (χ2v) is 8.45. The summed E-state index contributed by atoms with van der Waals surface area (Å²) in [6.07, 6.45) is -0.433. The van der Waals surface area contributed by atoms with E-state index in [2.05, 4.69) is 5.32 Å². The van der Waals surface area contributed by atoms with Crippen molar-refractivity contribution in [3.05, 3.63) is 54.6 Å². The van der Waals surface area contributed by atoms with E-state index in [0.717, 1.165) is 4.31 Å². The Morgan fingerprint density at radius 1 is 1.03 bits per heavy atom. The van der Waals surface area contributed by atoms with Crippen molar-refractivity contribution in [1.29, 1.82) is 0 Å². The third-order valence-electron chi connectivity index (χ3n) is 3.92. The maximum atomic E-state index is 12.2. The number of nitrogens with one attached hydrogen (secondary N) is 1. The van der Waals surface area contributed by atoms with E-state index in [1.54, 1.807) is 31.2 Å². The average Bonchev–Trinajstić information content (AvgIpc) is 2.71. The Kier molecular flexibility index (Phi) is 7.74. The molecule has 0 bridgehead atoms. The van der Waals surface area contributed by atoms with E-state index in [-0.39, 0.29) is 4.90 Å². The molecule has 1 atom stereocenters. The zero-order chi connectivity index (χ0) is 21.4. The number of esters is 1. The minimum atomic E-state index is -3.54. The number of hydrogen-bond donors (Lipinski definition) is 1. The molecule has 29 heavy (non-hydrogen) atoms. The van der Waals surface area contributed by atoms with Crippen LogP contribution in [0.1, 0.15) is 13.3 Å². The van der Waals surface area contributed by atoms with Gasteiger partial charge in [-0.25, -0.2) is 17.5 Å². The van der Waals surface area contributed by atoms with Gasteiger partial charge in [-0.3, -0.25) is 4.79 Å². The highest BCUT2D eigenvalue weighted by Crippen LogP contribution is 2.17. The largest absolute Gasteiger partial charge is 0.479 e. The molecule has 0 fully saturated rings. The number of para-hydroxylation sites is 1. The lowest BCUT2D eigenvalue weighted by molar-refractivity contribution is -0.154. The molecule has 1 amide bonds. The van der Waals surface area contributed by atoms with E-state index in [1.165, 1.54) is 38.4 Å². The van der Waals surface area contributed by atoms with Gasteiger partial charge in [-0.2, -0.15) is 0 Å². The van der Waals surface area contributed by atoms with Gasteiger partial charge in [0.05, 0.1) is 4.90 Å². The number of carbonyl (C=O) groups is 2. The van der Waals surface area contributed by atoms with Crippen molar-refractivity contribution in [2.75, 3.05) is 26.0 Å². The topological polar surface area (TPSA) is 102 Å². The highest BCUT2D eigenvalue weighted by molar-refractivity contribution is 7.89. The third kappa shape index (κ3) is 6.30. The Hall–Kier alpha value is -2.91. The van der Waals surface area contributed by atoms with E-state index in [9.17, 15) is 18.0 Å². The number of ether oxygens (including phenoxy) is 2. The van der Waals surface area contributed by atoms with Crippen LogP contribution in [0.25, 0.3) is 0 Å². The standard InChI is InChI=1S/C20H24N2O6S/c1-4-18(28-16-8-6-5-7-9-16)20(24)27-14-19(23)21-15-10-12-17(13-11-15)29(25,26)22(2)3/h5-13,18H,4,14H2,1-3H3,(H,21,23)/t18-/m1/s1. The molecule has 0 heterocycles. The second-order valence-electron chi connectivity index (χ2n) is 6.30. The van der Waals surface area contributed by atoms with Crippen LogP contribution in [-0.4, -0.2) is 51.4 Å². The number of anilines is 1. The molecule has 0 saturated carbocycles. The van der Waals surface area contributed by atoms with Crippen LogP contribution in [-0.2, 0) is 24.3 Å². The molecule has 9 heteroatoms. The van der Waals surface area contributed by atoms with Crippen LogP contribution in [0.15, 0.2) is 59.5 Å². The lowest BCUT2D eigenvalue weighted by Crippen LogP contribution is -2.31. The van der Waals surface area contributed by atoms with Crippen LogP contribution in [0.2, 0.25) is 0 Å². The summed E-state index contributed by atoms with van der Waals surface area (Å²) in [5, 5.41) is 2.55. The van der Waals surface area contributed by atoms with E-state index in [1.807, 2.05) is 6.07 Å². The van der Waals surface area contributed by atoms with Crippen LogP contribution in [0.3, 0.4) is 0 Å². The molecule has 156 valence electrons. The minimum absolute atomic E-state index is 0.107. The summed E-state index contributed by atoms with van der Waals surface area (Å²) < 4.78 is 35.8. The van der Waals surface area contributed by atoms with Crippen LogP contribution in [0, 0.1) is 0 Å². The van der Waals surface area contributed by atoms with Crippen molar-refractivity contribution in [2.24, 2.45) is 0 Å². The molecular formula is C20H24N2O6S. The summed E-state index contributed by atoms with van der Waals surface area (Å²) in [5.41, 5.74) is 0.385. The number of nitrogens with zero attached hydrogens (tertiary/aromatic N) is 1. The van der Waals surface area contributed by atoms with Gasteiger partial charge in [0.1, 0.15) is 5.75 Å². The third-order valence-corrected chi connectivity index (χ3v) is 5.75. The van der Waals surface area contributed by atoms with Gasteiger partial charge in [0.15, 0.2) is 12.7 Å². The predicted molar refractivity (Wildman–Crippen MR) is 108 cm³/mol. The first kappa shape index (κ1) is 22.4. The van der Waals surface area contributed by atoms with Gasteiger partial charge in [-0.05, 0) is 42.8 Å². The van der Waals surface area contributed by atoms with Crippen molar-refractivity contribution in [3.63, 3.8) is 0 Å². The van der Waals surface area contributed by atoms with Crippen LogP contribution in [0.4, 0.5) is 5.69 Å². The quantitative estimate of drug-likeness (QED) is 0.625. The Balaban J connectivity index is 1.88. The van der Waals surface area contributed by atoms with E-state index in [0.29, 0.717) is 17.9 Å². The summed E-state index contributed by atoms with van der Waals surface area (Å²) in [7, 11) is -0.675. The smallest absolute Gasteiger partial charge is 0.347 e. The average molecular weight is 420 g/mol. The van der Waals surface area contributed by atoms with Gasteiger partial charge >= 0.3 is 5.97 Å². The van der Waals surface area contributed by atoms with Crippen molar-refractivity contribution >= 4 is 27.6 Å². The fraction of sp³-hybridized carbons (Fsp3) is 0.300. The van der Waals surface area contributed by atoms with Gasteiger partial charge in [-0.15, -0.1) is 0 Å². The first-order valence-corrected chi connectivity index (χ1v) is 10.4. The van der Waals surface area contributed by atoms with E-state index < -0.39 is 34.6 Å². The summed E-state index contributed by atoms with van der Waals surface area (Å²) in [6, 6.07) is 14.6. The molecule has 0 saturated heterocycles. The molecular weight excluding hydrogens is 396 g/mol. The normalized spacial score (nSPS) is 12.3. The summed E-state index contributed by atoms with van der Waals surface area (Å²) in [4.78, 5) is 24.3. The number of hydrogen-bond acceptors (Lipinski definition) is 6. The fourth-order valence-corrected chi connectivity index (χ4v) is 3.21. The second kappa shape index (κ2) is 10.0. The fourth-order valence-electron chi connectivity index (χ4n) is 2.31. The van der Waals surface area contributed by atoms with Crippen molar-refractivity contribution in [2.45, 2.75) is 24.3 Å². The molecule has 1 N–H and O–H groups in total. The van der Waals surface area contributed by atoms with Crippen LogP contribution >= 0.6 is 0 Å². The van der Waals surface area contributed by atoms with E-state index in [4.69, 9.17) is 9.47 Å². The SMILES string of the molecule is CC[C@@H](Oc1ccccc1)C(=O)OCC(=O)Nc1ccc(S(=O)(=O)N(C)C)cc1. The molecule has 0 aliphatic carbocycles. The minimum Gasteiger partial charge on any atom is -0.479 e. The first-order chi connectivity index (χ1) is 13.7. The lowest BCUT2D eigenvalue weighted by atomic mass is 10.2. The first-order valence-electron chi connectivity index (χ1n) is 8.94. The van der Waals surface area contributed by atoms with Gasteiger partial charge in [0.2, 0.25) is 10.0 Å². The molecule has 0 aliphatic heterocycles. The van der Waals surface area contributed by atoms with Gasteiger partial charge < -0.3 is 14.8 Å². The highest BCUT2D eigenvalue weighted by Gasteiger charge is 2.21. The zero-order valence-electron chi connectivity index (χ0n) is 16.5. The lowest BCUT2D eigenvalue weighted by Gasteiger charge is -2.16. The monoisotopic (exact) mass is 420 g/mol. The zero-order valence-corrected chi connectivity index (χ0v) is 17.3. The molecule has 0 unspecified atom stereocenters. The van der Waals surface area contributed by atoms with Crippen molar-refractivity contribution in [3.8, 4) is 5.75 Å². The van der Waals surface area contributed by atoms with Gasteiger partial charge in [-0.1, -0.05) is 25.1 Å². The number of amides is 1. The molecule has 0 spiro atoms.